The number of hydrogen-bond acceptors (Lipinski definition) is 4. The zero-order valence-electron chi connectivity index (χ0n) is 18.8. The molecule has 31 heavy (non-hydrogen) atoms. The molecule has 7 heteroatoms. The van der Waals surface area contributed by atoms with Crippen LogP contribution in [-0.2, 0) is 26.4 Å². The van der Waals surface area contributed by atoms with Crippen LogP contribution >= 0.6 is 0 Å². The SMILES string of the molecule is CC(C)(CO)CCCC1=CC=C(/C=C\C2=CC=C(CCCC(C)(C)C(=O)O)S2=O)S1=O. The number of aliphatic hydroxyl groups excluding tert-OH is 1. The lowest BCUT2D eigenvalue weighted by Crippen LogP contribution is -2.23. The third-order valence-corrected chi connectivity index (χ3v) is 8.73. The number of rotatable bonds is 12. The number of carboxylic acids is 1. The quantitative estimate of drug-likeness (QED) is 0.419. The summed E-state index contributed by atoms with van der Waals surface area (Å²) >= 11 is 0. The molecule has 2 aliphatic heterocycles. The average Bonchev–Trinajstić information content (AvgIpc) is 3.23. The fourth-order valence-electron chi connectivity index (χ4n) is 3.28. The maximum Gasteiger partial charge on any atom is 0.309 e. The van der Waals surface area contributed by atoms with Gasteiger partial charge in [-0.25, -0.2) is 8.42 Å². The first kappa shape index (κ1) is 25.7. The normalized spacial score (nSPS) is 21.8. The van der Waals surface area contributed by atoms with Crippen LogP contribution in [0, 0.1) is 10.8 Å². The summed E-state index contributed by atoms with van der Waals surface area (Å²) in [7, 11) is -2.45. The van der Waals surface area contributed by atoms with E-state index in [1.54, 1.807) is 26.0 Å². The Bertz CT molecular complexity index is 901. The van der Waals surface area contributed by atoms with Crippen molar-refractivity contribution < 1.29 is 23.4 Å². The number of aliphatic hydroxyl groups is 1. The molecule has 5 nitrogen and oxygen atoms in total. The highest BCUT2D eigenvalue weighted by molar-refractivity contribution is 7.93. The summed E-state index contributed by atoms with van der Waals surface area (Å²) in [6.07, 6.45) is 15.2. The Morgan fingerprint density at radius 2 is 1.32 bits per heavy atom. The summed E-state index contributed by atoms with van der Waals surface area (Å²) in [5, 5.41) is 18.5. The van der Waals surface area contributed by atoms with Gasteiger partial charge in [0, 0.05) is 26.2 Å². The second-order valence-corrected chi connectivity index (χ2v) is 12.6. The van der Waals surface area contributed by atoms with E-state index in [1.807, 2.05) is 38.2 Å². The summed E-state index contributed by atoms with van der Waals surface area (Å²) in [6.45, 7) is 7.58. The molecule has 0 spiro atoms. The monoisotopic (exact) mass is 466 g/mol. The molecule has 2 atom stereocenters. The Labute approximate surface area is 190 Å². The van der Waals surface area contributed by atoms with Crippen LogP contribution in [-0.4, -0.2) is 31.2 Å². The van der Waals surface area contributed by atoms with Crippen LogP contribution in [0.5, 0.6) is 0 Å². The molecule has 2 N–H and O–H groups in total. The van der Waals surface area contributed by atoms with Gasteiger partial charge in [0.2, 0.25) is 0 Å². The first-order valence-corrected chi connectivity index (χ1v) is 12.9. The lowest BCUT2D eigenvalue weighted by Gasteiger charge is -2.21. The minimum Gasteiger partial charge on any atom is -0.481 e. The molecule has 172 valence electrons. The van der Waals surface area contributed by atoms with Crippen LogP contribution < -0.4 is 0 Å². The molecule has 2 rings (SSSR count). The molecule has 0 bridgehead atoms. The molecule has 0 radical (unpaired) electrons. The van der Waals surface area contributed by atoms with Gasteiger partial charge in [-0.05, 0) is 94.2 Å². The topological polar surface area (TPSA) is 91.7 Å². The van der Waals surface area contributed by atoms with Gasteiger partial charge in [-0.15, -0.1) is 0 Å². The van der Waals surface area contributed by atoms with Crippen molar-refractivity contribution in [1.29, 1.82) is 0 Å². The predicted octanol–water partition coefficient (Wildman–Crippen LogP) is 5.07. The van der Waals surface area contributed by atoms with E-state index in [9.17, 15) is 23.4 Å². The second kappa shape index (κ2) is 10.8. The van der Waals surface area contributed by atoms with Gasteiger partial charge in [-0.2, -0.15) is 0 Å². The van der Waals surface area contributed by atoms with Crippen molar-refractivity contribution in [3.8, 4) is 0 Å². The number of aliphatic carboxylic acids is 1. The molecule has 0 amide bonds. The number of allylic oxidation sites excluding steroid dienone is 8. The molecule has 0 fully saturated rings. The fraction of sp³-hybridized carbons (Fsp3) is 0.542. The van der Waals surface area contributed by atoms with Gasteiger partial charge < -0.3 is 10.2 Å². The highest BCUT2D eigenvalue weighted by Gasteiger charge is 2.27. The molecule has 0 aliphatic carbocycles. The third kappa shape index (κ3) is 7.22. The molecule has 2 unspecified atom stereocenters. The Morgan fingerprint density at radius 3 is 1.74 bits per heavy atom. The van der Waals surface area contributed by atoms with Gasteiger partial charge in [-0.1, -0.05) is 13.8 Å². The van der Waals surface area contributed by atoms with Crippen LogP contribution in [0.1, 0.15) is 66.2 Å². The lowest BCUT2D eigenvalue weighted by molar-refractivity contribution is -0.147. The molecule has 0 saturated carbocycles. The van der Waals surface area contributed by atoms with Crippen LogP contribution in [0.3, 0.4) is 0 Å². The average molecular weight is 467 g/mol. The van der Waals surface area contributed by atoms with E-state index in [2.05, 4.69) is 0 Å². The van der Waals surface area contributed by atoms with Gasteiger partial charge >= 0.3 is 5.97 Å². The standard InChI is InChI=1S/C24H34O5S2/c1-23(2,17-25)15-5-7-18-9-11-20(30(18)28)13-14-21-12-10-19(31(21)29)8-6-16-24(3,4)22(26)27/h9-14,25H,5-8,15-17H2,1-4H3,(H,26,27)/b14-13-. The zero-order valence-corrected chi connectivity index (χ0v) is 20.5. The molecule has 2 heterocycles. The first-order chi connectivity index (χ1) is 14.5. The fourth-order valence-corrected chi connectivity index (χ4v) is 5.70. The molecular weight excluding hydrogens is 432 g/mol. The lowest BCUT2D eigenvalue weighted by atomic mass is 9.87. The van der Waals surface area contributed by atoms with E-state index in [1.165, 1.54) is 0 Å². The number of carbonyl (C=O) groups is 1. The molecule has 2 aliphatic rings. The predicted molar refractivity (Wildman–Crippen MR) is 128 cm³/mol. The summed E-state index contributed by atoms with van der Waals surface area (Å²) in [5.41, 5.74) is -0.904. The van der Waals surface area contributed by atoms with Gasteiger partial charge in [0.1, 0.15) is 0 Å². The van der Waals surface area contributed by atoms with Crippen molar-refractivity contribution >= 4 is 27.6 Å². The largest absolute Gasteiger partial charge is 0.481 e. The van der Waals surface area contributed by atoms with Crippen molar-refractivity contribution in [3.63, 3.8) is 0 Å². The van der Waals surface area contributed by atoms with Crippen molar-refractivity contribution in [2.45, 2.75) is 66.2 Å². The maximum atomic E-state index is 12.7. The molecule has 0 saturated heterocycles. The number of hydrogen-bond donors (Lipinski definition) is 2. The van der Waals surface area contributed by atoms with Crippen LogP contribution in [0.15, 0.2) is 56.1 Å². The van der Waals surface area contributed by atoms with E-state index in [-0.39, 0.29) is 12.0 Å². The number of carboxylic acid groups (broad SMARTS) is 1. The Kier molecular flexibility index (Phi) is 8.98. The zero-order chi connectivity index (χ0) is 23.2. The summed E-state index contributed by atoms with van der Waals surface area (Å²) in [5.74, 6) is -0.821. The van der Waals surface area contributed by atoms with Crippen molar-refractivity contribution in [1.82, 2.24) is 0 Å². The Hall–Kier alpha value is -1.57. The highest BCUT2D eigenvalue weighted by Crippen LogP contribution is 2.31. The Morgan fingerprint density at radius 1 is 0.871 bits per heavy atom. The van der Waals surface area contributed by atoms with Gasteiger partial charge in [0.05, 0.1) is 27.0 Å². The van der Waals surface area contributed by atoms with Crippen molar-refractivity contribution in [2.75, 3.05) is 6.61 Å². The molecular formula is C24H34O5S2. The highest BCUT2D eigenvalue weighted by atomic mass is 32.2. The van der Waals surface area contributed by atoms with E-state index in [0.717, 1.165) is 29.1 Å². The van der Waals surface area contributed by atoms with Gasteiger partial charge in [0.15, 0.2) is 0 Å². The molecule has 0 aromatic rings. The van der Waals surface area contributed by atoms with Crippen LogP contribution in [0.4, 0.5) is 0 Å². The van der Waals surface area contributed by atoms with Crippen molar-refractivity contribution in [2.24, 2.45) is 10.8 Å². The van der Waals surface area contributed by atoms with E-state index in [0.29, 0.717) is 29.1 Å². The maximum absolute atomic E-state index is 12.7. The third-order valence-electron chi connectivity index (χ3n) is 5.69. The van der Waals surface area contributed by atoms with Gasteiger partial charge in [-0.3, -0.25) is 4.79 Å². The minimum atomic E-state index is -1.25. The van der Waals surface area contributed by atoms with E-state index >= 15 is 0 Å². The van der Waals surface area contributed by atoms with E-state index in [4.69, 9.17) is 0 Å². The van der Waals surface area contributed by atoms with E-state index < -0.39 is 33.0 Å². The molecule has 0 aromatic heterocycles. The van der Waals surface area contributed by atoms with Crippen LogP contribution in [0.2, 0.25) is 0 Å². The summed E-state index contributed by atoms with van der Waals surface area (Å²) < 4.78 is 25.4. The van der Waals surface area contributed by atoms with Crippen LogP contribution in [0.25, 0.3) is 0 Å². The second-order valence-electron chi connectivity index (χ2n) is 9.49. The van der Waals surface area contributed by atoms with Gasteiger partial charge in [0.25, 0.3) is 0 Å². The summed E-state index contributed by atoms with van der Waals surface area (Å²) in [4.78, 5) is 14.3. The van der Waals surface area contributed by atoms with Crippen molar-refractivity contribution in [3.05, 3.63) is 56.1 Å². The minimum absolute atomic E-state index is 0.121. The summed E-state index contributed by atoms with van der Waals surface area (Å²) in [6, 6.07) is 0. The first-order valence-electron chi connectivity index (χ1n) is 10.6. The Balaban J connectivity index is 1.80. The molecule has 0 aromatic carbocycles. The smallest absolute Gasteiger partial charge is 0.309 e.